The number of hydrogen-bond acceptors (Lipinski definition) is 6. The van der Waals surface area contributed by atoms with Gasteiger partial charge in [-0.3, -0.25) is 4.79 Å². The van der Waals surface area contributed by atoms with Crippen molar-refractivity contribution < 1.29 is 33.2 Å². The van der Waals surface area contributed by atoms with E-state index >= 15 is 0 Å². The number of halogens is 1. The molecule has 2 saturated heterocycles. The lowest BCUT2D eigenvalue weighted by molar-refractivity contribution is -0.226. The minimum Gasteiger partial charge on any atom is -0.457 e. The van der Waals surface area contributed by atoms with E-state index in [1.807, 2.05) is 0 Å². The van der Waals surface area contributed by atoms with E-state index in [9.17, 15) is 9.18 Å². The zero-order chi connectivity index (χ0) is 13.5. The molecule has 5 atom stereocenters. The van der Waals surface area contributed by atoms with Gasteiger partial charge in [-0.05, 0) is 13.8 Å². The van der Waals surface area contributed by atoms with Gasteiger partial charge in [-0.15, -0.1) is 0 Å². The SMILES string of the molecule is CC(=O)O[C@@H]1[C@H]2OC(C)(C)O[C@H]2O[C@@H]1[C@H](F)CO. The molecule has 0 aromatic rings. The van der Waals surface area contributed by atoms with Crippen LogP contribution >= 0.6 is 0 Å². The Bertz CT molecular complexity index is 333. The predicted molar refractivity (Wildman–Crippen MR) is 56.2 cm³/mol. The molecule has 2 aliphatic rings. The molecular formula is C11H17FO6. The van der Waals surface area contributed by atoms with Crippen LogP contribution in [0.4, 0.5) is 4.39 Å². The molecule has 0 unspecified atom stereocenters. The second-order valence-corrected chi connectivity index (χ2v) is 4.84. The summed E-state index contributed by atoms with van der Waals surface area (Å²) in [5.74, 6) is -1.43. The summed E-state index contributed by atoms with van der Waals surface area (Å²) in [6.45, 7) is 3.88. The van der Waals surface area contributed by atoms with Gasteiger partial charge in [0.2, 0.25) is 0 Å². The largest absolute Gasteiger partial charge is 0.457 e. The lowest BCUT2D eigenvalue weighted by Gasteiger charge is -2.26. The molecule has 7 heteroatoms. The van der Waals surface area contributed by atoms with Crippen molar-refractivity contribution in [1.29, 1.82) is 0 Å². The first-order chi connectivity index (χ1) is 8.34. The Morgan fingerprint density at radius 2 is 2.17 bits per heavy atom. The lowest BCUT2D eigenvalue weighted by atomic mass is 10.1. The van der Waals surface area contributed by atoms with Gasteiger partial charge in [0, 0.05) is 6.92 Å². The zero-order valence-electron chi connectivity index (χ0n) is 10.5. The molecular weight excluding hydrogens is 247 g/mol. The molecule has 2 aliphatic heterocycles. The molecule has 104 valence electrons. The number of carbonyl (C=O) groups is 1. The maximum absolute atomic E-state index is 13.6. The number of fused-ring (bicyclic) bond motifs is 1. The molecule has 2 rings (SSSR count). The Morgan fingerprint density at radius 3 is 2.72 bits per heavy atom. The topological polar surface area (TPSA) is 74.2 Å². The second kappa shape index (κ2) is 4.73. The van der Waals surface area contributed by atoms with E-state index in [-0.39, 0.29) is 0 Å². The summed E-state index contributed by atoms with van der Waals surface area (Å²) in [6, 6.07) is 0. The van der Waals surface area contributed by atoms with Crippen molar-refractivity contribution in [3.8, 4) is 0 Å². The summed E-state index contributed by atoms with van der Waals surface area (Å²) in [7, 11) is 0. The quantitative estimate of drug-likeness (QED) is 0.730. The second-order valence-electron chi connectivity index (χ2n) is 4.84. The van der Waals surface area contributed by atoms with E-state index in [1.165, 1.54) is 6.92 Å². The van der Waals surface area contributed by atoms with Gasteiger partial charge in [-0.1, -0.05) is 0 Å². The minimum absolute atomic E-state index is 0.562. The first-order valence-electron chi connectivity index (χ1n) is 5.77. The van der Waals surface area contributed by atoms with Gasteiger partial charge in [0.15, 0.2) is 30.5 Å². The van der Waals surface area contributed by atoms with E-state index < -0.39 is 49.1 Å². The summed E-state index contributed by atoms with van der Waals surface area (Å²) in [6.07, 6.45) is -5.13. The van der Waals surface area contributed by atoms with Crippen LogP contribution in [0.15, 0.2) is 0 Å². The average molecular weight is 264 g/mol. The summed E-state index contributed by atoms with van der Waals surface area (Å²) in [4.78, 5) is 11.0. The van der Waals surface area contributed by atoms with Crippen LogP contribution < -0.4 is 0 Å². The van der Waals surface area contributed by atoms with Crippen molar-refractivity contribution in [2.75, 3.05) is 6.61 Å². The van der Waals surface area contributed by atoms with Gasteiger partial charge < -0.3 is 24.1 Å². The highest BCUT2D eigenvalue weighted by Gasteiger charge is 2.58. The summed E-state index contributed by atoms with van der Waals surface area (Å²) in [5, 5.41) is 8.84. The zero-order valence-corrected chi connectivity index (χ0v) is 10.5. The molecule has 2 fully saturated rings. The number of carbonyl (C=O) groups excluding carboxylic acids is 1. The number of aliphatic hydroxyl groups excluding tert-OH is 1. The van der Waals surface area contributed by atoms with Crippen molar-refractivity contribution in [1.82, 2.24) is 0 Å². The van der Waals surface area contributed by atoms with Gasteiger partial charge in [0.05, 0.1) is 6.61 Å². The molecule has 18 heavy (non-hydrogen) atoms. The molecule has 0 aromatic heterocycles. The smallest absolute Gasteiger partial charge is 0.303 e. The Labute approximate surface area is 104 Å². The minimum atomic E-state index is -1.66. The van der Waals surface area contributed by atoms with Crippen LogP contribution in [0, 0.1) is 0 Å². The van der Waals surface area contributed by atoms with Gasteiger partial charge in [-0.25, -0.2) is 4.39 Å². The predicted octanol–water partition coefficient (Wildman–Crippen LogP) is 0.125. The van der Waals surface area contributed by atoms with E-state index in [2.05, 4.69) is 0 Å². The number of rotatable bonds is 3. The van der Waals surface area contributed by atoms with Gasteiger partial charge in [-0.2, -0.15) is 0 Å². The highest BCUT2D eigenvalue weighted by molar-refractivity contribution is 5.66. The fourth-order valence-electron chi connectivity index (χ4n) is 2.22. The first kappa shape index (κ1) is 13.7. The van der Waals surface area contributed by atoms with Crippen molar-refractivity contribution in [3.05, 3.63) is 0 Å². The third-order valence-corrected chi connectivity index (χ3v) is 2.86. The monoisotopic (exact) mass is 264 g/mol. The van der Waals surface area contributed by atoms with Crippen LogP contribution in [0.25, 0.3) is 0 Å². The molecule has 0 saturated carbocycles. The highest BCUT2D eigenvalue weighted by atomic mass is 19.1. The van der Waals surface area contributed by atoms with Crippen LogP contribution in [-0.2, 0) is 23.7 Å². The molecule has 0 aromatic carbocycles. The Morgan fingerprint density at radius 1 is 1.50 bits per heavy atom. The molecule has 2 heterocycles. The standard InChI is InChI=1S/C11H17FO6/c1-5(14)15-8-7(6(12)4-13)16-10-9(8)17-11(2,3)18-10/h6-10,13H,4H2,1-3H3/t6-,7-,8+,9-,10-/m1/s1. The molecule has 0 aliphatic carbocycles. The molecule has 0 amide bonds. The van der Waals surface area contributed by atoms with Crippen LogP contribution in [-0.4, -0.2) is 54.2 Å². The van der Waals surface area contributed by atoms with Crippen molar-refractivity contribution in [2.24, 2.45) is 0 Å². The Kier molecular flexibility index (Phi) is 3.59. The summed E-state index contributed by atoms with van der Waals surface area (Å²) < 4.78 is 34.9. The fraction of sp³-hybridized carbons (Fsp3) is 0.909. The first-order valence-corrected chi connectivity index (χ1v) is 5.77. The maximum Gasteiger partial charge on any atom is 0.303 e. The number of hydrogen-bond donors (Lipinski definition) is 1. The van der Waals surface area contributed by atoms with E-state index in [0.717, 1.165) is 0 Å². The summed E-state index contributed by atoms with van der Waals surface area (Å²) in [5.41, 5.74) is 0. The van der Waals surface area contributed by atoms with Crippen molar-refractivity contribution >= 4 is 5.97 Å². The molecule has 0 bridgehead atoms. The molecule has 0 radical (unpaired) electrons. The third-order valence-electron chi connectivity index (χ3n) is 2.86. The Hall–Kier alpha value is -0.760. The third kappa shape index (κ3) is 2.49. The highest BCUT2D eigenvalue weighted by Crippen LogP contribution is 2.40. The van der Waals surface area contributed by atoms with E-state index in [1.54, 1.807) is 13.8 Å². The number of alkyl halides is 1. The molecule has 0 spiro atoms. The molecule has 6 nitrogen and oxygen atoms in total. The summed E-state index contributed by atoms with van der Waals surface area (Å²) >= 11 is 0. The van der Waals surface area contributed by atoms with Crippen molar-refractivity contribution in [3.63, 3.8) is 0 Å². The van der Waals surface area contributed by atoms with Crippen LogP contribution in [0.3, 0.4) is 0 Å². The average Bonchev–Trinajstić information content (AvgIpc) is 2.71. The normalized spacial score (nSPS) is 39.4. The van der Waals surface area contributed by atoms with Crippen LogP contribution in [0.2, 0.25) is 0 Å². The fourth-order valence-corrected chi connectivity index (χ4v) is 2.22. The van der Waals surface area contributed by atoms with Crippen LogP contribution in [0.5, 0.6) is 0 Å². The van der Waals surface area contributed by atoms with Gasteiger partial charge in [0.1, 0.15) is 6.10 Å². The lowest BCUT2D eigenvalue weighted by Crippen LogP contribution is -2.43. The molecule has 1 N–H and O–H groups in total. The maximum atomic E-state index is 13.6. The Balaban J connectivity index is 2.14. The van der Waals surface area contributed by atoms with Gasteiger partial charge in [0.25, 0.3) is 0 Å². The number of esters is 1. The van der Waals surface area contributed by atoms with Crippen molar-refractivity contribution in [2.45, 2.75) is 57.3 Å². The van der Waals surface area contributed by atoms with E-state index in [4.69, 9.17) is 24.1 Å². The van der Waals surface area contributed by atoms with E-state index in [0.29, 0.717) is 0 Å². The number of aliphatic hydroxyl groups is 1. The van der Waals surface area contributed by atoms with Gasteiger partial charge >= 0.3 is 5.97 Å². The van der Waals surface area contributed by atoms with Crippen LogP contribution in [0.1, 0.15) is 20.8 Å². The number of ether oxygens (including phenoxy) is 4.